The van der Waals surface area contributed by atoms with E-state index < -0.39 is 13.5 Å². The van der Waals surface area contributed by atoms with E-state index in [1.165, 1.54) is 4.67 Å². The molecule has 1 aliphatic heterocycles. The highest BCUT2D eigenvalue weighted by atomic mass is 31.2. The number of aliphatic carboxylic acids is 1. The van der Waals surface area contributed by atoms with Crippen LogP contribution in [0.1, 0.15) is 12.8 Å². The molecule has 0 aliphatic carbocycles. The summed E-state index contributed by atoms with van der Waals surface area (Å²) in [6.45, 7) is 0.487. The van der Waals surface area contributed by atoms with Gasteiger partial charge in [0.15, 0.2) is 0 Å². The SMILES string of the molecule is O=C(O)CN1CCCCOP1(=O)c1ccc(Oc2ccccc2)cc1. The average Bonchev–Trinajstić information content (AvgIpc) is 2.79. The van der Waals surface area contributed by atoms with Crippen LogP contribution in [0.4, 0.5) is 0 Å². The molecule has 0 aromatic heterocycles. The predicted molar refractivity (Wildman–Crippen MR) is 94.6 cm³/mol. The van der Waals surface area contributed by atoms with Crippen LogP contribution >= 0.6 is 7.52 Å². The van der Waals surface area contributed by atoms with Crippen LogP contribution in [-0.4, -0.2) is 35.4 Å². The molecule has 2 aromatic carbocycles. The maximum atomic E-state index is 13.4. The lowest BCUT2D eigenvalue weighted by Gasteiger charge is -2.27. The number of ether oxygens (including phenoxy) is 1. The molecular formula is C18H20NO5P. The van der Waals surface area contributed by atoms with Gasteiger partial charge >= 0.3 is 13.5 Å². The fourth-order valence-electron chi connectivity index (χ4n) is 2.69. The Kier molecular flexibility index (Phi) is 5.53. The molecule has 1 atom stereocenters. The number of rotatable bonds is 5. The molecule has 1 unspecified atom stereocenters. The average molecular weight is 361 g/mol. The molecule has 3 rings (SSSR count). The van der Waals surface area contributed by atoms with E-state index in [9.17, 15) is 9.36 Å². The van der Waals surface area contributed by atoms with Gasteiger partial charge in [0.2, 0.25) is 0 Å². The minimum absolute atomic E-state index is 0.306. The standard InChI is InChI=1S/C18H20NO5P/c20-18(21)14-19-12-4-5-13-23-25(19,22)17-10-8-16(9-11-17)24-15-6-2-1-3-7-15/h1-3,6-11H,4-5,12-14H2,(H,20,21). The van der Waals surface area contributed by atoms with E-state index in [0.717, 1.165) is 12.8 Å². The molecule has 0 saturated carbocycles. The van der Waals surface area contributed by atoms with Gasteiger partial charge in [-0.05, 0) is 49.2 Å². The molecule has 0 spiro atoms. The van der Waals surface area contributed by atoms with Crippen molar-refractivity contribution < 1.29 is 23.7 Å². The quantitative estimate of drug-likeness (QED) is 0.822. The smallest absolute Gasteiger partial charge is 0.318 e. The zero-order chi connectivity index (χ0) is 17.7. The van der Waals surface area contributed by atoms with E-state index in [1.54, 1.807) is 24.3 Å². The van der Waals surface area contributed by atoms with Gasteiger partial charge in [0.05, 0.1) is 11.9 Å². The third-order valence-electron chi connectivity index (χ3n) is 3.91. The van der Waals surface area contributed by atoms with Gasteiger partial charge in [0.1, 0.15) is 18.0 Å². The van der Waals surface area contributed by atoms with Gasteiger partial charge in [0.25, 0.3) is 0 Å². The summed E-state index contributed by atoms with van der Waals surface area (Å²) in [7, 11) is -3.38. The van der Waals surface area contributed by atoms with Crippen LogP contribution in [0, 0.1) is 0 Å². The predicted octanol–water partition coefficient (Wildman–Crippen LogP) is 3.49. The summed E-state index contributed by atoms with van der Waals surface area (Å²) in [4.78, 5) is 11.1. The van der Waals surface area contributed by atoms with Gasteiger partial charge in [0, 0.05) is 6.54 Å². The number of para-hydroxylation sites is 1. The van der Waals surface area contributed by atoms with Crippen LogP contribution in [0.25, 0.3) is 0 Å². The van der Waals surface area contributed by atoms with E-state index in [1.807, 2.05) is 30.3 Å². The van der Waals surface area contributed by atoms with E-state index in [0.29, 0.717) is 30.0 Å². The number of carbonyl (C=O) groups is 1. The second-order valence-electron chi connectivity index (χ2n) is 5.75. The first kappa shape index (κ1) is 17.7. The number of benzene rings is 2. The maximum absolute atomic E-state index is 13.4. The third kappa shape index (κ3) is 4.28. The summed E-state index contributed by atoms with van der Waals surface area (Å²) < 4.78 is 26.2. The number of hydrogen-bond donors (Lipinski definition) is 1. The Morgan fingerprint density at radius 1 is 1.08 bits per heavy atom. The molecule has 1 heterocycles. The van der Waals surface area contributed by atoms with Crippen LogP contribution in [0.15, 0.2) is 54.6 Å². The first-order chi connectivity index (χ1) is 12.1. The molecule has 0 amide bonds. The van der Waals surface area contributed by atoms with Gasteiger partial charge in [-0.25, -0.2) is 4.67 Å². The largest absolute Gasteiger partial charge is 0.480 e. The Hall–Kier alpha value is -2.14. The van der Waals surface area contributed by atoms with Crippen molar-refractivity contribution in [3.8, 4) is 11.5 Å². The van der Waals surface area contributed by atoms with Crippen LogP contribution in [0.3, 0.4) is 0 Å². The summed E-state index contributed by atoms with van der Waals surface area (Å²) >= 11 is 0. The molecule has 1 N–H and O–H groups in total. The van der Waals surface area contributed by atoms with Crippen molar-refractivity contribution in [2.24, 2.45) is 0 Å². The maximum Gasteiger partial charge on any atom is 0.318 e. The van der Waals surface area contributed by atoms with E-state index >= 15 is 0 Å². The van der Waals surface area contributed by atoms with Crippen molar-refractivity contribution in [1.82, 2.24) is 4.67 Å². The normalized spacial score (nSPS) is 21.4. The molecule has 6 nitrogen and oxygen atoms in total. The summed E-state index contributed by atoms with van der Waals surface area (Å²) in [5.41, 5.74) is 0. The number of carboxylic acid groups (broad SMARTS) is 1. The van der Waals surface area contributed by atoms with E-state index in [2.05, 4.69) is 0 Å². The summed E-state index contributed by atoms with van der Waals surface area (Å²) in [6, 6.07) is 16.2. The molecule has 1 saturated heterocycles. The Labute approximate surface area is 146 Å². The fourth-order valence-corrected chi connectivity index (χ4v) is 4.94. The molecule has 2 aromatic rings. The molecular weight excluding hydrogens is 341 g/mol. The zero-order valence-electron chi connectivity index (χ0n) is 13.7. The zero-order valence-corrected chi connectivity index (χ0v) is 14.6. The molecule has 132 valence electrons. The van der Waals surface area contributed by atoms with Crippen LogP contribution in [-0.2, 0) is 13.9 Å². The highest BCUT2D eigenvalue weighted by Gasteiger charge is 2.36. The van der Waals surface area contributed by atoms with Gasteiger partial charge in [-0.15, -0.1) is 0 Å². The molecule has 0 bridgehead atoms. The molecule has 7 heteroatoms. The van der Waals surface area contributed by atoms with Crippen molar-refractivity contribution in [1.29, 1.82) is 0 Å². The molecule has 1 aliphatic rings. The van der Waals surface area contributed by atoms with Crippen LogP contribution in [0.2, 0.25) is 0 Å². The van der Waals surface area contributed by atoms with Crippen LogP contribution < -0.4 is 10.0 Å². The summed E-state index contributed by atoms with van der Waals surface area (Å²) in [5.74, 6) is 0.302. The van der Waals surface area contributed by atoms with Crippen LogP contribution in [0.5, 0.6) is 11.5 Å². The van der Waals surface area contributed by atoms with Gasteiger partial charge < -0.3 is 14.4 Å². The highest BCUT2D eigenvalue weighted by Crippen LogP contribution is 2.51. The van der Waals surface area contributed by atoms with Crippen molar-refractivity contribution in [2.45, 2.75) is 12.8 Å². The van der Waals surface area contributed by atoms with E-state index in [-0.39, 0.29) is 6.54 Å². The van der Waals surface area contributed by atoms with Crippen molar-refractivity contribution in [3.63, 3.8) is 0 Å². The second kappa shape index (κ2) is 7.83. The lowest BCUT2D eigenvalue weighted by Crippen LogP contribution is -2.31. The summed E-state index contributed by atoms with van der Waals surface area (Å²) in [6.07, 6.45) is 1.52. The Morgan fingerprint density at radius 2 is 1.76 bits per heavy atom. The molecule has 1 fully saturated rings. The van der Waals surface area contributed by atoms with Gasteiger partial charge in [-0.1, -0.05) is 18.2 Å². The lowest BCUT2D eigenvalue weighted by atomic mass is 10.3. The topological polar surface area (TPSA) is 76.1 Å². The first-order valence-corrected chi connectivity index (χ1v) is 9.71. The highest BCUT2D eigenvalue weighted by molar-refractivity contribution is 7.64. The molecule has 0 radical (unpaired) electrons. The minimum Gasteiger partial charge on any atom is -0.480 e. The van der Waals surface area contributed by atoms with Crippen molar-refractivity contribution in [2.75, 3.05) is 19.7 Å². The fraction of sp³-hybridized carbons (Fsp3) is 0.278. The molecule has 25 heavy (non-hydrogen) atoms. The monoisotopic (exact) mass is 361 g/mol. The van der Waals surface area contributed by atoms with Gasteiger partial charge in [-0.2, -0.15) is 0 Å². The van der Waals surface area contributed by atoms with E-state index in [4.69, 9.17) is 14.4 Å². The van der Waals surface area contributed by atoms with Crippen molar-refractivity contribution >= 4 is 18.8 Å². The lowest BCUT2D eigenvalue weighted by molar-refractivity contribution is -0.137. The minimum atomic E-state index is -3.38. The van der Waals surface area contributed by atoms with Gasteiger partial charge in [-0.3, -0.25) is 9.36 Å². The van der Waals surface area contributed by atoms with Crippen molar-refractivity contribution in [3.05, 3.63) is 54.6 Å². The Bertz CT molecular complexity index is 763. The Morgan fingerprint density at radius 3 is 2.44 bits per heavy atom. The second-order valence-corrected chi connectivity index (χ2v) is 8.13. The Balaban J connectivity index is 1.83. The summed E-state index contributed by atoms with van der Waals surface area (Å²) in [5, 5.41) is 9.59. The third-order valence-corrected chi connectivity index (χ3v) is 6.48. The number of nitrogens with zero attached hydrogens (tertiary/aromatic N) is 1. The number of carboxylic acids is 1. The number of hydrogen-bond acceptors (Lipinski definition) is 4. The first-order valence-electron chi connectivity index (χ1n) is 8.13.